The van der Waals surface area contributed by atoms with E-state index in [4.69, 9.17) is 0 Å². The minimum atomic E-state index is -0.173. The number of amides is 2. The number of imide groups is 1. The molecule has 1 heterocycles. The van der Waals surface area contributed by atoms with E-state index in [9.17, 15) is 9.59 Å². The Hall–Kier alpha value is -1.64. The molecule has 0 aromatic heterocycles. The molecule has 1 unspecified atom stereocenters. The van der Waals surface area contributed by atoms with Gasteiger partial charge in [-0.2, -0.15) is 0 Å². The average molecular weight is 231 g/mol. The highest BCUT2D eigenvalue weighted by Gasteiger charge is 2.29. The summed E-state index contributed by atoms with van der Waals surface area (Å²) in [4.78, 5) is 23.0. The fourth-order valence-electron chi connectivity index (χ4n) is 2.71. The van der Waals surface area contributed by atoms with Crippen molar-refractivity contribution in [3.63, 3.8) is 0 Å². The van der Waals surface area contributed by atoms with Crippen LogP contribution in [0.4, 0.5) is 0 Å². The highest BCUT2D eigenvalue weighted by atomic mass is 16.2. The van der Waals surface area contributed by atoms with Gasteiger partial charge in [0.25, 0.3) is 0 Å². The smallest absolute Gasteiger partial charge is 0.234 e. The van der Waals surface area contributed by atoms with Crippen molar-refractivity contribution in [2.24, 2.45) is 0 Å². The maximum absolute atomic E-state index is 11.9. The zero-order valence-electron chi connectivity index (χ0n) is 10.5. The van der Waals surface area contributed by atoms with Crippen molar-refractivity contribution in [1.82, 2.24) is 5.32 Å². The molecule has 1 aromatic rings. The van der Waals surface area contributed by atoms with Gasteiger partial charge in [-0.15, -0.1) is 0 Å². The van der Waals surface area contributed by atoms with Crippen LogP contribution in [0.3, 0.4) is 0 Å². The summed E-state index contributed by atoms with van der Waals surface area (Å²) in [5.41, 5.74) is 4.56. The number of rotatable bonds is 1. The first-order valence-corrected chi connectivity index (χ1v) is 5.90. The van der Waals surface area contributed by atoms with Crippen LogP contribution in [0.15, 0.2) is 12.1 Å². The molecule has 2 rings (SSSR count). The fraction of sp³-hybridized carbons (Fsp3) is 0.429. The summed E-state index contributed by atoms with van der Waals surface area (Å²) < 4.78 is 0. The van der Waals surface area contributed by atoms with Gasteiger partial charge in [-0.3, -0.25) is 14.9 Å². The molecule has 1 saturated heterocycles. The second-order valence-corrected chi connectivity index (χ2v) is 4.82. The summed E-state index contributed by atoms with van der Waals surface area (Å²) in [6, 6.07) is 4.18. The monoisotopic (exact) mass is 231 g/mol. The molecule has 0 saturated carbocycles. The van der Waals surface area contributed by atoms with Gasteiger partial charge in [0.05, 0.1) is 5.92 Å². The molecule has 3 heteroatoms. The van der Waals surface area contributed by atoms with Crippen LogP contribution in [-0.2, 0) is 9.59 Å². The van der Waals surface area contributed by atoms with Crippen LogP contribution in [0.25, 0.3) is 0 Å². The molecule has 1 aromatic carbocycles. The lowest BCUT2D eigenvalue weighted by Crippen LogP contribution is -2.39. The normalized spacial score (nSPS) is 20.3. The molecule has 0 spiro atoms. The lowest BCUT2D eigenvalue weighted by molar-refractivity contribution is -0.134. The molecular formula is C14H17NO2. The lowest BCUT2D eigenvalue weighted by Gasteiger charge is -2.24. The maximum Gasteiger partial charge on any atom is 0.234 e. The molecule has 1 fully saturated rings. The quantitative estimate of drug-likeness (QED) is 0.753. The number of hydrogen-bond donors (Lipinski definition) is 1. The molecule has 17 heavy (non-hydrogen) atoms. The first-order chi connectivity index (χ1) is 7.99. The Kier molecular flexibility index (Phi) is 3.01. The van der Waals surface area contributed by atoms with E-state index in [1.54, 1.807) is 0 Å². The first-order valence-electron chi connectivity index (χ1n) is 5.90. The van der Waals surface area contributed by atoms with E-state index >= 15 is 0 Å². The number of aryl methyl sites for hydroxylation is 3. The molecule has 3 nitrogen and oxygen atoms in total. The lowest BCUT2D eigenvalue weighted by atomic mass is 9.84. The van der Waals surface area contributed by atoms with E-state index in [1.165, 1.54) is 5.56 Å². The van der Waals surface area contributed by atoms with Gasteiger partial charge in [0.2, 0.25) is 11.8 Å². The average Bonchev–Trinajstić information content (AvgIpc) is 2.19. The molecule has 2 amide bonds. The van der Waals surface area contributed by atoms with Gasteiger partial charge >= 0.3 is 0 Å². The summed E-state index contributed by atoms with van der Waals surface area (Å²) in [5, 5.41) is 2.42. The molecule has 1 atom stereocenters. The predicted molar refractivity (Wildman–Crippen MR) is 65.8 cm³/mol. The molecule has 0 bridgehead atoms. The highest BCUT2D eigenvalue weighted by Crippen LogP contribution is 2.30. The van der Waals surface area contributed by atoms with Crippen molar-refractivity contribution in [2.75, 3.05) is 0 Å². The second kappa shape index (κ2) is 4.32. The summed E-state index contributed by atoms with van der Waals surface area (Å²) in [6.45, 7) is 6.10. The Bertz CT molecular complexity index is 468. The Balaban J connectivity index is 2.40. The standard InChI is InChI=1S/C14H17NO2/c1-8-6-9(2)13(10(3)7-8)11-4-5-12(16)15-14(11)17/h6-7,11H,4-5H2,1-3H3,(H,15,16,17). The molecular weight excluding hydrogens is 214 g/mol. The predicted octanol–water partition coefficient (Wildman–Crippen LogP) is 2.13. The van der Waals surface area contributed by atoms with Gasteiger partial charge in [-0.25, -0.2) is 0 Å². The third-order valence-electron chi connectivity index (χ3n) is 3.33. The van der Waals surface area contributed by atoms with Gasteiger partial charge < -0.3 is 0 Å². The van der Waals surface area contributed by atoms with Crippen molar-refractivity contribution in [1.29, 1.82) is 0 Å². The fourth-order valence-corrected chi connectivity index (χ4v) is 2.71. The van der Waals surface area contributed by atoms with Gasteiger partial charge in [0.15, 0.2) is 0 Å². The van der Waals surface area contributed by atoms with Crippen LogP contribution in [-0.4, -0.2) is 11.8 Å². The van der Waals surface area contributed by atoms with Crippen LogP contribution < -0.4 is 5.32 Å². The minimum Gasteiger partial charge on any atom is -0.296 e. The van der Waals surface area contributed by atoms with Crippen LogP contribution in [0.5, 0.6) is 0 Å². The van der Waals surface area contributed by atoms with E-state index in [2.05, 4.69) is 17.4 Å². The van der Waals surface area contributed by atoms with Crippen LogP contribution in [0.2, 0.25) is 0 Å². The van der Waals surface area contributed by atoms with Gasteiger partial charge in [-0.05, 0) is 43.9 Å². The third kappa shape index (κ3) is 2.23. The number of carbonyl (C=O) groups is 2. The SMILES string of the molecule is Cc1cc(C)c(C2CCC(=O)NC2=O)c(C)c1. The Labute approximate surface area is 101 Å². The summed E-state index contributed by atoms with van der Waals surface area (Å²) in [7, 11) is 0. The minimum absolute atomic E-state index is 0.156. The zero-order chi connectivity index (χ0) is 12.6. The number of benzene rings is 1. The summed E-state index contributed by atoms with van der Waals surface area (Å²) in [6.07, 6.45) is 1.05. The molecule has 0 aliphatic carbocycles. The van der Waals surface area contributed by atoms with Crippen molar-refractivity contribution < 1.29 is 9.59 Å². The van der Waals surface area contributed by atoms with E-state index < -0.39 is 0 Å². The molecule has 1 N–H and O–H groups in total. The topological polar surface area (TPSA) is 46.2 Å². The van der Waals surface area contributed by atoms with E-state index in [1.807, 2.05) is 20.8 Å². The number of nitrogens with one attached hydrogen (secondary N) is 1. The maximum atomic E-state index is 11.9. The molecule has 1 aliphatic rings. The van der Waals surface area contributed by atoms with Crippen LogP contribution in [0.1, 0.15) is 41.0 Å². The van der Waals surface area contributed by atoms with Crippen LogP contribution in [0, 0.1) is 20.8 Å². The summed E-state index contributed by atoms with van der Waals surface area (Å²) in [5.74, 6) is -0.488. The first kappa shape index (κ1) is 11.8. The van der Waals surface area contributed by atoms with Crippen molar-refractivity contribution in [3.8, 4) is 0 Å². The van der Waals surface area contributed by atoms with Crippen molar-refractivity contribution in [2.45, 2.75) is 39.5 Å². The van der Waals surface area contributed by atoms with Gasteiger partial charge in [0, 0.05) is 6.42 Å². The van der Waals surface area contributed by atoms with E-state index in [-0.39, 0.29) is 17.7 Å². The van der Waals surface area contributed by atoms with E-state index in [0.717, 1.165) is 16.7 Å². The van der Waals surface area contributed by atoms with Gasteiger partial charge in [0.1, 0.15) is 0 Å². The number of carbonyl (C=O) groups excluding carboxylic acids is 2. The number of hydrogen-bond acceptors (Lipinski definition) is 2. The number of piperidine rings is 1. The Morgan fingerprint density at radius 3 is 2.24 bits per heavy atom. The van der Waals surface area contributed by atoms with Gasteiger partial charge in [-0.1, -0.05) is 17.7 Å². The van der Waals surface area contributed by atoms with Crippen LogP contribution >= 0.6 is 0 Å². The van der Waals surface area contributed by atoms with E-state index in [0.29, 0.717) is 12.8 Å². The highest BCUT2D eigenvalue weighted by molar-refractivity contribution is 6.01. The molecule has 0 radical (unpaired) electrons. The Morgan fingerprint density at radius 2 is 1.71 bits per heavy atom. The third-order valence-corrected chi connectivity index (χ3v) is 3.33. The molecule has 1 aliphatic heterocycles. The zero-order valence-corrected chi connectivity index (χ0v) is 10.5. The van der Waals surface area contributed by atoms with Crippen molar-refractivity contribution >= 4 is 11.8 Å². The second-order valence-electron chi connectivity index (χ2n) is 4.82. The Morgan fingerprint density at radius 1 is 1.12 bits per heavy atom. The van der Waals surface area contributed by atoms with Crippen molar-refractivity contribution in [3.05, 3.63) is 34.4 Å². The molecule has 90 valence electrons. The summed E-state index contributed by atoms with van der Waals surface area (Å²) >= 11 is 0. The largest absolute Gasteiger partial charge is 0.296 e.